The molecule has 0 unspecified atom stereocenters. The van der Waals surface area contributed by atoms with Crippen LogP contribution in [0.4, 0.5) is 5.69 Å². The van der Waals surface area contributed by atoms with Crippen LogP contribution in [0.3, 0.4) is 0 Å². The molecule has 0 saturated carbocycles. The topological polar surface area (TPSA) is 101 Å². The lowest BCUT2D eigenvalue weighted by atomic mass is 9.88. The number of aromatic nitrogens is 1. The minimum absolute atomic E-state index is 0.00575. The first kappa shape index (κ1) is 22.3. The molecule has 2 amide bonds. The van der Waals surface area contributed by atoms with Crippen LogP contribution in [0.15, 0.2) is 30.5 Å². The number of fused-ring (bicyclic) bond motifs is 1. The minimum Gasteiger partial charge on any atom is -0.460 e. The molecule has 1 aromatic heterocycles. The van der Waals surface area contributed by atoms with E-state index in [1.807, 2.05) is 55.8 Å². The van der Waals surface area contributed by atoms with E-state index in [9.17, 15) is 19.5 Å². The SMILES string of the molecule is CC(C)(C)OC(=O)CC1(O)CCN(c2cccc3c2ccn3[C@H]2CCC(=O)NC2=O)CC1. The number of imide groups is 1. The Morgan fingerprint density at radius 3 is 2.59 bits per heavy atom. The fourth-order valence-corrected chi connectivity index (χ4v) is 4.65. The maximum atomic E-state index is 12.4. The van der Waals surface area contributed by atoms with Crippen LogP contribution in [0.2, 0.25) is 0 Å². The van der Waals surface area contributed by atoms with Crippen molar-refractivity contribution in [1.29, 1.82) is 0 Å². The summed E-state index contributed by atoms with van der Waals surface area (Å²) in [6, 6.07) is 7.57. The second-order valence-corrected chi connectivity index (χ2v) is 9.87. The number of aliphatic hydroxyl groups is 1. The Labute approximate surface area is 187 Å². The lowest BCUT2D eigenvalue weighted by Gasteiger charge is -2.39. The Hall–Kier alpha value is -2.87. The number of piperidine rings is 2. The average Bonchev–Trinajstić information content (AvgIpc) is 3.11. The molecule has 2 N–H and O–H groups in total. The van der Waals surface area contributed by atoms with Crippen LogP contribution in [0, 0.1) is 0 Å². The van der Waals surface area contributed by atoms with Crippen LogP contribution in [0.1, 0.15) is 58.9 Å². The molecule has 32 heavy (non-hydrogen) atoms. The summed E-state index contributed by atoms with van der Waals surface area (Å²) in [5, 5.41) is 14.4. The van der Waals surface area contributed by atoms with Gasteiger partial charge in [-0.3, -0.25) is 19.7 Å². The maximum Gasteiger partial charge on any atom is 0.309 e. The first-order chi connectivity index (χ1) is 15.0. The van der Waals surface area contributed by atoms with Gasteiger partial charge in [0, 0.05) is 36.8 Å². The molecule has 1 aromatic carbocycles. The van der Waals surface area contributed by atoms with Gasteiger partial charge in [-0.2, -0.15) is 0 Å². The number of hydrogen-bond acceptors (Lipinski definition) is 6. The molecule has 4 rings (SSSR count). The molecule has 0 spiro atoms. The van der Waals surface area contributed by atoms with Gasteiger partial charge in [0.2, 0.25) is 11.8 Å². The smallest absolute Gasteiger partial charge is 0.309 e. The van der Waals surface area contributed by atoms with E-state index in [-0.39, 0.29) is 24.2 Å². The number of esters is 1. The summed E-state index contributed by atoms with van der Waals surface area (Å²) in [6.07, 6.45) is 3.65. The second kappa shape index (κ2) is 8.24. The fraction of sp³-hybridized carbons (Fsp3) is 0.542. The van der Waals surface area contributed by atoms with Crippen molar-refractivity contribution in [2.24, 2.45) is 0 Å². The number of carbonyl (C=O) groups excluding carboxylic acids is 3. The number of ether oxygens (including phenoxy) is 1. The third kappa shape index (κ3) is 4.65. The molecule has 3 heterocycles. The van der Waals surface area contributed by atoms with E-state index in [2.05, 4.69) is 10.2 Å². The standard InChI is InChI=1S/C24H31N3O5/c1-23(2,3)32-21(29)15-24(31)10-13-26(14-11-24)17-5-4-6-18-16(17)9-12-27(18)19-7-8-20(28)25-22(19)30/h4-6,9,12,19,31H,7-8,10-11,13-15H2,1-3H3,(H,25,28,30)/t19-/m0/s1. The molecule has 0 aliphatic carbocycles. The van der Waals surface area contributed by atoms with Crippen LogP contribution >= 0.6 is 0 Å². The Morgan fingerprint density at radius 2 is 1.94 bits per heavy atom. The summed E-state index contributed by atoms with van der Waals surface area (Å²) in [4.78, 5) is 38.3. The van der Waals surface area contributed by atoms with Gasteiger partial charge in [-0.1, -0.05) is 6.07 Å². The van der Waals surface area contributed by atoms with Crippen LogP contribution in [-0.4, -0.2) is 51.7 Å². The zero-order chi connectivity index (χ0) is 23.1. The Morgan fingerprint density at radius 1 is 1.22 bits per heavy atom. The molecular formula is C24H31N3O5. The number of hydrogen-bond donors (Lipinski definition) is 2. The van der Waals surface area contributed by atoms with Crippen molar-refractivity contribution in [3.63, 3.8) is 0 Å². The summed E-state index contributed by atoms with van der Waals surface area (Å²) in [5.41, 5.74) is 0.338. The highest BCUT2D eigenvalue weighted by Crippen LogP contribution is 2.35. The monoisotopic (exact) mass is 441 g/mol. The number of amides is 2. The van der Waals surface area contributed by atoms with Crippen molar-refractivity contribution in [3.05, 3.63) is 30.5 Å². The number of nitrogens with one attached hydrogen (secondary N) is 1. The van der Waals surface area contributed by atoms with Crippen LogP contribution < -0.4 is 10.2 Å². The molecule has 172 valence electrons. The van der Waals surface area contributed by atoms with Gasteiger partial charge in [-0.15, -0.1) is 0 Å². The van der Waals surface area contributed by atoms with Gasteiger partial charge in [-0.25, -0.2) is 0 Å². The summed E-state index contributed by atoms with van der Waals surface area (Å²) in [6.45, 7) is 6.68. The van der Waals surface area contributed by atoms with E-state index in [4.69, 9.17) is 4.74 Å². The highest BCUT2D eigenvalue weighted by molar-refractivity contribution is 6.01. The second-order valence-electron chi connectivity index (χ2n) is 9.87. The Bertz CT molecular complexity index is 1040. The number of nitrogens with zero attached hydrogens (tertiary/aromatic N) is 2. The highest BCUT2D eigenvalue weighted by atomic mass is 16.6. The molecule has 1 atom stereocenters. The van der Waals surface area contributed by atoms with Crippen molar-refractivity contribution in [1.82, 2.24) is 9.88 Å². The van der Waals surface area contributed by atoms with Gasteiger partial charge < -0.3 is 19.3 Å². The predicted molar refractivity (Wildman–Crippen MR) is 120 cm³/mol. The molecule has 0 radical (unpaired) electrons. The van der Waals surface area contributed by atoms with Crippen molar-refractivity contribution in [2.75, 3.05) is 18.0 Å². The summed E-state index contributed by atoms with van der Waals surface area (Å²) in [7, 11) is 0. The third-order valence-corrected chi connectivity index (χ3v) is 6.21. The summed E-state index contributed by atoms with van der Waals surface area (Å²) >= 11 is 0. The fourth-order valence-electron chi connectivity index (χ4n) is 4.65. The van der Waals surface area contributed by atoms with E-state index in [1.54, 1.807) is 0 Å². The molecule has 0 bridgehead atoms. The van der Waals surface area contributed by atoms with Crippen molar-refractivity contribution < 1.29 is 24.2 Å². The number of rotatable bonds is 4. The van der Waals surface area contributed by atoms with Gasteiger partial charge in [0.05, 0.1) is 17.5 Å². The third-order valence-electron chi connectivity index (χ3n) is 6.21. The lowest BCUT2D eigenvalue weighted by Crippen LogP contribution is -2.46. The number of benzene rings is 1. The van der Waals surface area contributed by atoms with Crippen LogP contribution in [0.25, 0.3) is 10.9 Å². The van der Waals surface area contributed by atoms with Crippen LogP contribution in [-0.2, 0) is 19.1 Å². The molecule has 8 heteroatoms. The average molecular weight is 442 g/mol. The molecule has 2 aliphatic heterocycles. The summed E-state index contributed by atoms with van der Waals surface area (Å²) < 4.78 is 7.32. The van der Waals surface area contributed by atoms with E-state index in [0.717, 1.165) is 16.6 Å². The van der Waals surface area contributed by atoms with Crippen molar-refractivity contribution >= 4 is 34.4 Å². The van der Waals surface area contributed by atoms with Gasteiger partial charge in [-0.05, 0) is 58.2 Å². The Balaban J connectivity index is 1.48. The first-order valence-corrected chi connectivity index (χ1v) is 11.2. The lowest BCUT2D eigenvalue weighted by molar-refractivity contribution is -0.161. The van der Waals surface area contributed by atoms with E-state index < -0.39 is 17.2 Å². The van der Waals surface area contributed by atoms with Crippen molar-refractivity contribution in [2.45, 2.75) is 70.1 Å². The normalized spacial score (nSPS) is 21.5. The number of anilines is 1. The largest absolute Gasteiger partial charge is 0.460 e. The molecule has 2 fully saturated rings. The zero-order valence-electron chi connectivity index (χ0n) is 18.9. The van der Waals surface area contributed by atoms with E-state index >= 15 is 0 Å². The Kier molecular flexibility index (Phi) is 5.75. The molecule has 2 saturated heterocycles. The van der Waals surface area contributed by atoms with Gasteiger partial charge in [0.1, 0.15) is 11.6 Å². The molecule has 8 nitrogen and oxygen atoms in total. The molecular weight excluding hydrogens is 410 g/mol. The first-order valence-electron chi connectivity index (χ1n) is 11.2. The van der Waals surface area contributed by atoms with Crippen molar-refractivity contribution in [3.8, 4) is 0 Å². The van der Waals surface area contributed by atoms with Gasteiger partial charge in [0.25, 0.3) is 0 Å². The van der Waals surface area contributed by atoms with Crippen LogP contribution in [0.5, 0.6) is 0 Å². The highest BCUT2D eigenvalue weighted by Gasteiger charge is 2.36. The summed E-state index contributed by atoms with van der Waals surface area (Å²) in [5.74, 6) is -0.873. The predicted octanol–water partition coefficient (Wildman–Crippen LogP) is 2.68. The zero-order valence-corrected chi connectivity index (χ0v) is 18.9. The quantitative estimate of drug-likeness (QED) is 0.559. The maximum absolute atomic E-state index is 12.4. The van der Waals surface area contributed by atoms with Gasteiger partial charge >= 0.3 is 5.97 Å². The van der Waals surface area contributed by atoms with Gasteiger partial charge in [0.15, 0.2) is 0 Å². The number of carbonyl (C=O) groups is 3. The van der Waals surface area contributed by atoms with E-state index in [0.29, 0.717) is 38.8 Å². The minimum atomic E-state index is -1.06. The molecule has 2 aliphatic rings. The molecule has 2 aromatic rings. The van der Waals surface area contributed by atoms with E-state index in [1.165, 1.54) is 0 Å².